The fourth-order valence-corrected chi connectivity index (χ4v) is 10.8. The number of quaternary nitrogens is 1. The van der Waals surface area contributed by atoms with Gasteiger partial charge in [-0.2, -0.15) is 0 Å². The second-order valence-electron chi connectivity index (χ2n) is 21.3. The first-order valence-electron chi connectivity index (χ1n) is 27.5. The number of rotatable bonds is 33. The van der Waals surface area contributed by atoms with Crippen LogP contribution >= 0.6 is 23.4 Å². The SMILES string of the molecule is COc1cc(C(C)OC(=O)On2c(O)ccc2O)c([N+](=O)[O-])cc1OCCN(C)CCNC(=O)C(CCCC[N+](C)(C)C)NC(=O)CCCOc1ccc(C=Cc2cc(C)c3n2[B-](F)(F)[N+]2=C(c4cccs4)C=C(CCCSOOO)C2=C3)cc1. The van der Waals surface area contributed by atoms with Crippen LogP contribution in [0, 0.1) is 17.0 Å². The standard InChI is InChI=1S/C57H71BF2N8O15S2/c1-38-33-42(64-46(38)36-47-41(13-11-32-85-83-82-76)34-49(52-15-12-31-84-52)65(47)58(64,59)60)20-17-40-18-21-43(22-19-40)78-29-10-16-53(69)62-45(14-8-9-28-68(4,5)6)56(72)61-25-26-63(3)27-30-79-51-37-48(67(74)75)44(35-50(51)77-7)39(2)80-57(73)81-66-54(70)23-24-55(66)71/h12,15,17-24,31,33-37,39,45H,8-11,13-14,16,25-30,32H2,1-7H3,(H4-,61,62,69,70,71,72,76)/p+1. The predicted octanol–water partition coefficient (Wildman–Crippen LogP) is 9.00. The molecular weight excluding hydrogens is 1150 g/mol. The summed E-state index contributed by atoms with van der Waals surface area (Å²) in [5, 5.41) is 51.5. The van der Waals surface area contributed by atoms with Crippen molar-refractivity contribution in [2.24, 2.45) is 0 Å². The quantitative estimate of drug-likeness (QED) is 0.00384. The second-order valence-corrected chi connectivity index (χ2v) is 23.0. The molecule has 2 atom stereocenters. The molecule has 23 nitrogen and oxygen atoms in total. The first-order valence-corrected chi connectivity index (χ1v) is 29.3. The van der Waals surface area contributed by atoms with E-state index in [1.54, 1.807) is 37.4 Å². The Labute approximate surface area is 499 Å². The van der Waals surface area contributed by atoms with E-state index < -0.39 is 47.6 Å². The molecule has 5 aromatic rings. The number of carbonyl (C=O) groups is 3. The van der Waals surface area contributed by atoms with Crippen LogP contribution in [-0.2, 0) is 23.7 Å². The number of methoxy groups -OCH3 is 1. The molecule has 0 fully saturated rings. The van der Waals surface area contributed by atoms with Crippen molar-refractivity contribution in [2.45, 2.75) is 70.9 Å². The van der Waals surface area contributed by atoms with E-state index in [1.165, 1.54) is 35.9 Å². The largest absolute Gasteiger partial charge is 0.737 e. The van der Waals surface area contributed by atoms with E-state index in [1.807, 2.05) is 53.6 Å². The third-order valence-electron chi connectivity index (χ3n) is 14.0. The normalized spacial score (nSPS) is 14.3. The molecule has 2 aliphatic heterocycles. The maximum atomic E-state index is 17.0. The van der Waals surface area contributed by atoms with Gasteiger partial charge in [-0.05, 0) is 112 Å². The topological polar surface area (TPSA) is 260 Å². The molecule has 0 radical (unpaired) electrons. The summed E-state index contributed by atoms with van der Waals surface area (Å²) in [6, 6.07) is 16.5. The Bertz CT molecular complexity index is 3250. The van der Waals surface area contributed by atoms with Crippen LogP contribution in [0.25, 0.3) is 18.2 Å². The van der Waals surface area contributed by atoms with Crippen LogP contribution in [0.3, 0.4) is 0 Å². The molecule has 5 heterocycles. The molecule has 0 saturated carbocycles. The smallest absolute Gasteiger partial charge is 0.494 e. The van der Waals surface area contributed by atoms with Crippen molar-refractivity contribution in [1.82, 2.24) is 24.7 Å². The van der Waals surface area contributed by atoms with Crippen LogP contribution in [-0.4, -0.2) is 161 Å². The number of nitrogens with zero attached hydrogens (tertiary/aromatic N) is 6. The highest BCUT2D eigenvalue weighted by molar-refractivity contribution is 7.94. The molecule has 0 aliphatic carbocycles. The van der Waals surface area contributed by atoms with Gasteiger partial charge in [0.2, 0.25) is 23.6 Å². The molecule has 7 rings (SSSR count). The van der Waals surface area contributed by atoms with E-state index in [4.69, 9.17) is 29.0 Å². The number of ether oxygens (including phenoxy) is 4. The summed E-state index contributed by atoms with van der Waals surface area (Å²) in [4.78, 5) is 58.1. The van der Waals surface area contributed by atoms with Gasteiger partial charge in [0.15, 0.2) is 22.9 Å². The molecule has 2 aromatic carbocycles. The van der Waals surface area contributed by atoms with Crippen molar-refractivity contribution in [3.63, 3.8) is 0 Å². The maximum Gasteiger partial charge on any atom is 0.737 e. The van der Waals surface area contributed by atoms with E-state index in [2.05, 4.69) is 41.1 Å². The zero-order valence-corrected chi connectivity index (χ0v) is 50.0. The summed E-state index contributed by atoms with van der Waals surface area (Å²) in [5.41, 5.74) is 3.47. The van der Waals surface area contributed by atoms with Crippen LogP contribution in [0.1, 0.15) is 90.9 Å². The number of aromatic nitrogens is 2. The Kier molecular flexibility index (Phi) is 22.8. The molecule has 3 aromatic heterocycles. The van der Waals surface area contributed by atoms with E-state index >= 15 is 8.63 Å². The lowest BCUT2D eigenvalue weighted by Crippen LogP contribution is -2.51. The molecule has 28 heteroatoms. The number of nitro benzene ring substituents is 1. The Morgan fingerprint density at radius 1 is 0.965 bits per heavy atom. The number of aromatic hydroxyl groups is 2. The van der Waals surface area contributed by atoms with Gasteiger partial charge in [0, 0.05) is 85.1 Å². The number of amides is 2. The van der Waals surface area contributed by atoms with Crippen LogP contribution in [0.4, 0.5) is 19.1 Å². The van der Waals surface area contributed by atoms with Crippen molar-refractivity contribution in [3.05, 3.63) is 133 Å². The number of aryl methyl sites for hydroxylation is 1. The lowest BCUT2D eigenvalue weighted by atomic mass is 9.88. The zero-order chi connectivity index (χ0) is 61.4. The highest BCUT2D eigenvalue weighted by atomic mass is 32.2. The fraction of sp³-hybridized carbons (Fsp3) is 0.404. The predicted molar refractivity (Wildman–Crippen MR) is 317 cm³/mol. The van der Waals surface area contributed by atoms with Gasteiger partial charge in [-0.25, -0.2) is 10.1 Å². The summed E-state index contributed by atoms with van der Waals surface area (Å²) in [5.74, 6) is -0.583. The first-order chi connectivity index (χ1) is 40.6. The summed E-state index contributed by atoms with van der Waals surface area (Å²) in [7, 11) is 9.41. The molecule has 2 unspecified atom stereocenters. The Morgan fingerprint density at radius 2 is 1.72 bits per heavy atom. The number of unbranched alkanes of at least 4 members (excludes halogenated alkanes) is 1. The van der Waals surface area contributed by atoms with Gasteiger partial charge in [-0.1, -0.05) is 29.3 Å². The highest BCUT2D eigenvalue weighted by Crippen LogP contribution is 2.41. The van der Waals surface area contributed by atoms with Crippen molar-refractivity contribution >= 4 is 77.9 Å². The van der Waals surface area contributed by atoms with Crippen molar-refractivity contribution < 1.29 is 85.5 Å². The number of thiophene rings is 1. The van der Waals surface area contributed by atoms with Crippen LogP contribution in [0.5, 0.6) is 29.0 Å². The molecular formula is C57H72BF2N8O15S2+. The molecule has 458 valence electrons. The molecule has 5 N–H and O–H groups in total. The maximum absolute atomic E-state index is 17.0. The molecule has 2 amide bonds. The molecule has 0 spiro atoms. The second kappa shape index (κ2) is 29.9. The van der Waals surface area contributed by atoms with E-state index in [0.29, 0.717) is 89.8 Å². The molecule has 2 aliphatic rings. The highest BCUT2D eigenvalue weighted by Gasteiger charge is 2.54. The van der Waals surface area contributed by atoms with Crippen molar-refractivity contribution in [2.75, 3.05) is 80.4 Å². The number of benzene rings is 2. The Morgan fingerprint density at radius 3 is 2.40 bits per heavy atom. The van der Waals surface area contributed by atoms with Crippen LogP contribution in [0.2, 0.25) is 0 Å². The number of carbonyl (C=O) groups excluding carboxylic acids is 3. The monoisotopic (exact) mass is 1220 g/mol. The van der Waals surface area contributed by atoms with Gasteiger partial charge in [-0.15, -0.1) is 20.4 Å². The number of hydrogen-bond acceptors (Lipinski definition) is 18. The molecule has 0 bridgehead atoms. The number of fused-ring (bicyclic) bond motifs is 2. The minimum absolute atomic E-state index is 0.0469. The number of nitrogens with one attached hydrogen (secondary N) is 2. The number of allylic oxidation sites excluding steroid dienone is 2. The fourth-order valence-electron chi connectivity index (χ4n) is 9.67. The van der Waals surface area contributed by atoms with Crippen LogP contribution in [0.15, 0.2) is 89.5 Å². The van der Waals surface area contributed by atoms with Gasteiger partial charge in [-0.3, -0.25) is 24.5 Å². The van der Waals surface area contributed by atoms with Crippen molar-refractivity contribution in [3.8, 4) is 29.0 Å². The lowest BCUT2D eigenvalue weighted by Gasteiger charge is -2.31. The number of nitro groups is 1. The summed E-state index contributed by atoms with van der Waals surface area (Å²) >= 11 is 2.33. The van der Waals surface area contributed by atoms with E-state index in [0.717, 1.165) is 68.2 Å². The molecule has 85 heavy (non-hydrogen) atoms. The number of likely N-dealkylation sites (N-methyl/N-ethyl adjacent to an activating group) is 1. The van der Waals surface area contributed by atoms with Crippen LogP contribution < -0.4 is 29.7 Å². The van der Waals surface area contributed by atoms with E-state index in [9.17, 15) is 34.7 Å². The average molecular weight is 1220 g/mol. The number of halogens is 2. The van der Waals surface area contributed by atoms with E-state index in [-0.39, 0.29) is 55.1 Å². The third kappa shape index (κ3) is 17.5. The van der Waals surface area contributed by atoms with Gasteiger partial charge in [0.1, 0.15) is 24.5 Å². The minimum atomic E-state index is -4.31. The van der Waals surface area contributed by atoms with Crippen molar-refractivity contribution in [1.29, 1.82) is 0 Å². The zero-order valence-electron chi connectivity index (χ0n) is 48.4. The van der Waals surface area contributed by atoms with Gasteiger partial charge in [0.05, 0.1) is 62.8 Å². The average Bonchev–Trinajstić information content (AvgIpc) is 1.65. The summed E-state index contributed by atoms with van der Waals surface area (Å²) in [6.07, 6.45) is 8.11. The third-order valence-corrected chi connectivity index (χ3v) is 15.5. The van der Waals surface area contributed by atoms with Gasteiger partial charge >= 0.3 is 13.1 Å². The van der Waals surface area contributed by atoms with Gasteiger partial charge < -0.3 is 66.8 Å². The molecule has 0 saturated heterocycles. The summed E-state index contributed by atoms with van der Waals surface area (Å²) in [6.45, 7) is 1.04. The number of hydrogen-bond donors (Lipinski definition) is 5. The summed E-state index contributed by atoms with van der Waals surface area (Å²) < 4.78 is 64.5. The Hall–Kier alpha value is -7.73. The minimum Gasteiger partial charge on any atom is -0.494 e. The lowest BCUT2D eigenvalue weighted by molar-refractivity contribution is -0.870. The van der Waals surface area contributed by atoms with Gasteiger partial charge in [0.25, 0.3) is 5.69 Å². The first kappa shape index (κ1) is 64.8. The Balaban J connectivity index is 0.874.